The monoisotopic (exact) mass is 480 g/mol. The van der Waals surface area contributed by atoms with Crippen molar-refractivity contribution in [1.29, 1.82) is 0 Å². The van der Waals surface area contributed by atoms with Gasteiger partial charge in [-0.1, -0.05) is 0 Å². The van der Waals surface area contributed by atoms with E-state index >= 15 is 0 Å². The largest absolute Gasteiger partial charge is 0.478 e. The van der Waals surface area contributed by atoms with E-state index in [2.05, 4.69) is 25.2 Å². The number of carbonyl (C=O) groups excluding carboxylic acids is 1. The molecule has 1 aliphatic heterocycles. The highest BCUT2D eigenvalue weighted by atomic mass is 19.1. The second-order valence-corrected chi connectivity index (χ2v) is 7.91. The van der Waals surface area contributed by atoms with E-state index < -0.39 is 11.6 Å². The number of methoxy groups -OCH3 is 1. The molecule has 2 aromatic heterocycles. The SMILES string of the molecule is COc1ncncc1Oc1ccc(N2CCN(C(=O)Nc3c[nH]c4c(F)cc(F)cc34)CC2)cc1. The Balaban J connectivity index is 1.18. The Bertz CT molecular complexity index is 1350. The lowest BCUT2D eigenvalue weighted by atomic mass is 10.2. The Morgan fingerprint density at radius 2 is 1.89 bits per heavy atom. The molecule has 9 nitrogen and oxygen atoms in total. The number of amides is 2. The third kappa shape index (κ3) is 4.65. The van der Waals surface area contributed by atoms with Gasteiger partial charge in [-0.3, -0.25) is 0 Å². The maximum atomic E-state index is 13.9. The summed E-state index contributed by atoms with van der Waals surface area (Å²) in [5.41, 5.74) is 1.48. The van der Waals surface area contributed by atoms with Crippen molar-refractivity contribution in [3.05, 3.63) is 66.8 Å². The van der Waals surface area contributed by atoms with Crippen LogP contribution in [-0.4, -0.2) is 59.2 Å². The number of piperazine rings is 1. The van der Waals surface area contributed by atoms with Crippen LogP contribution in [0.1, 0.15) is 0 Å². The number of benzene rings is 2. The van der Waals surface area contributed by atoms with Gasteiger partial charge in [0.25, 0.3) is 5.88 Å². The first-order chi connectivity index (χ1) is 17.0. The number of aromatic amines is 1. The summed E-state index contributed by atoms with van der Waals surface area (Å²) in [5.74, 6) is -0.0240. The first kappa shape index (κ1) is 22.4. The third-order valence-corrected chi connectivity index (χ3v) is 5.78. The summed E-state index contributed by atoms with van der Waals surface area (Å²) in [6.07, 6.45) is 4.38. The maximum Gasteiger partial charge on any atom is 0.322 e. The number of H-pyrrole nitrogens is 1. The molecule has 11 heteroatoms. The number of rotatable bonds is 5. The number of carbonyl (C=O) groups is 1. The maximum absolute atomic E-state index is 13.9. The van der Waals surface area contributed by atoms with E-state index in [4.69, 9.17) is 9.47 Å². The Hall–Kier alpha value is -4.41. The third-order valence-electron chi connectivity index (χ3n) is 5.78. The highest BCUT2D eigenvalue weighted by Gasteiger charge is 2.22. The Kier molecular flexibility index (Phi) is 6.04. The fourth-order valence-corrected chi connectivity index (χ4v) is 4.00. The van der Waals surface area contributed by atoms with E-state index in [-0.39, 0.29) is 16.9 Å². The number of hydrogen-bond acceptors (Lipinski definition) is 6. The standard InChI is InChI=1S/C24H22F2N6O3/c1-34-23-21(13-27-14-29-23)35-17-4-2-16(3-5-17)31-6-8-32(9-7-31)24(33)30-20-12-28-22-18(20)10-15(25)11-19(22)26/h2-5,10-14,28H,6-9H2,1H3,(H,30,33). The van der Waals surface area contributed by atoms with Gasteiger partial charge >= 0.3 is 6.03 Å². The van der Waals surface area contributed by atoms with Gasteiger partial charge in [0, 0.05) is 49.5 Å². The van der Waals surface area contributed by atoms with Crippen LogP contribution in [0, 0.1) is 11.6 Å². The van der Waals surface area contributed by atoms with Gasteiger partial charge in [0.1, 0.15) is 23.7 Å². The van der Waals surface area contributed by atoms with Gasteiger partial charge in [-0.25, -0.2) is 18.6 Å². The van der Waals surface area contributed by atoms with Crippen LogP contribution in [0.2, 0.25) is 0 Å². The molecule has 3 heterocycles. The zero-order valence-electron chi connectivity index (χ0n) is 18.8. The zero-order chi connectivity index (χ0) is 24.4. The molecule has 0 aliphatic carbocycles. The smallest absolute Gasteiger partial charge is 0.322 e. The normalized spacial score (nSPS) is 13.7. The first-order valence-corrected chi connectivity index (χ1v) is 10.9. The van der Waals surface area contributed by atoms with E-state index in [1.54, 1.807) is 4.90 Å². The lowest BCUT2D eigenvalue weighted by Gasteiger charge is -2.36. The van der Waals surface area contributed by atoms with E-state index in [0.29, 0.717) is 49.2 Å². The summed E-state index contributed by atoms with van der Waals surface area (Å²) in [5, 5.41) is 3.04. The van der Waals surface area contributed by atoms with Crippen molar-refractivity contribution in [3.8, 4) is 17.4 Å². The van der Waals surface area contributed by atoms with Gasteiger partial charge in [0.2, 0.25) is 5.75 Å². The van der Waals surface area contributed by atoms with Crippen molar-refractivity contribution >= 4 is 28.3 Å². The molecule has 180 valence electrons. The quantitative estimate of drug-likeness (QED) is 0.440. The number of hydrogen-bond donors (Lipinski definition) is 2. The Morgan fingerprint density at radius 1 is 1.11 bits per heavy atom. The average Bonchev–Trinajstić information content (AvgIpc) is 3.27. The molecule has 0 radical (unpaired) electrons. The van der Waals surface area contributed by atoms with Crippen LogP contribution in [0.15, 0.2) is 55.1 Å². The van der Waals surface area contributed by atoms with Crippen LogP contribution in [0.5, 0.6) is 17.4 Å². The molecule has 0 saturated carbocycles. The number of nitrogens with one attached hydrogen (secondary N) is 2. The predicted octanol–water partition coefficient (Wildman–Crippen LogP) is 4.39. The van der Waals surface area contributed by atoms with E-state index in [1.807, 2.05) is 24.3 Å². The van der Waals surface area contributed by atoms with Crippen molar-refractivity contribution in [1.82, 2.24) is 19.9 Å². The summed E-state index contributed by atoms with van der Waals surface area (Å²) in [6, 6.07) is 9.24. The number of fused-ring (bicyclic) bond motifs is 1. The minimum atomic E-state index is -0.707. The van der Waals surface area contributed by atoms with Gasteiger partial charge in [-0.05, 0) is 30.3 Å². The molecule has 5 rings (SSSR count). The minimum Gasteiger partial charge on any atom is -0.478 e. The average molecular weight is 480 g/mol. The molecular formula is C24H22F2N6O3. The zero-order valence-corrected chi connectivity index (χ0v) is 18.8. The summed E-state index contributed by atoms with van der Waals surface area (Å²) in [4.78, 5) is 27.3. The molecule has 35 heavy (non-hydrogen) atoms. The molecule has 2 amide bonds. The molecule has 2 aromatic carbocycles. The van der Waals surface area contributed by atoms with E-state index in [1.165, 1.54) is 31.9 Å². The second-order valence-electron chi connectivity index (χ2n) is 7.91. The fraction of sp³-hybridized carbons (Fsp3) is 0.208. The number of nitrogens with zero attached hydrogens (tertiary/aromatic N) is 4. The molecule has 4 aromatic rings. The van der Waals surface area contributed by atoms with Gasteiger partial charge in [-0.15, -0.1) is 0 Å². The highest BCUT2D eigenvalue weighted by molar-refractivity contribution is 6.01. The van der Waals surface area contributed by atoms with Crippen molar-refractivity contribution in [2.45, 2.75) is 0 Å². The molecule has 1 fully saturated rings. The molecule has 0 atom stereocenters. The van der Waals surface area contributed by atoms with Crippen LogP contribution in [0.3, 0.4) is 0 Å². The molecular weight excluding hydrogens is 458 g/mol. The minimum absolute atomic E-state index is 0.150. The number of halogens is 2. The van der Waals surface area contributed by atoms with E-state index in [0.717, 1.165) is 11.8 Å². The lowest BCUT2D eigenvalue weighted by Crippen LogP contribution is -2.50. The van der Waals surface area contributed by atoms with E-state index in [9.17, 15) is 13.6 Å². The summed E-state index contributed by atoms with van der Waals surface area (Å²) in [6.45, 7) is 2.25. The Morgan fingerprint density at radius 3 is 2.63 bits per heavy atom. The van der Waals surface area contributed by atoms with Gasteiger partial charge < -0.3 is 29.6 Å². The number of urea groups is 1. The van der Waals surface area contributed by atoms with Crippen LogP contribution in [-0.2, 0) is 0 Å². The molecule has 1 saturated heterocycles. The summed E-state index contributed by atoms with van der Waals surface area (Å²) in [7, 11) is 1.51. The number of aromatic nitrogens is 3. The summed E-state index contributed by atoms with van der Waals surface area (Å²) < 4.78 is 38.5. The predicted molar refractivity (Wildman–Crippen MR) is 126 cm³/mol. The lowest BCUT2D eigenvalue weighted by molar-refractivity contribution is 0.208. The second kappa shape index (κ2) is 9.45. The molecule has 2 N–H and O–H groups in total. The topological polar surface area (TPSA) is 95.6 Å². The van der Waals surface area contributed by atoms with Crippen molar-refractivity contribution < 1.29 is 23.0 Å². The van der Waals surface area contributed by atoms with Gasteiger partial charge in [-0.2, -0.15) is 4.98 Å². The molecule has 0 spiro atoms. The van der Waals surface area contributed by atoms with Gasteiger partial charge in [0.05, 0.1) is 24.5 Å². The van der Waals surface area contributed by atoms with Crippen molar-refractivity contribution in [3.63, 3.8) is 0 Å². The Labute approximate surface area is 199 Å². The number of anilines is 2. The van der Waals surface area contributed by atoms with Gasteiger partial charge in [0.15, 0.2) is 0 Å². The van der Waals surface area contributed by atoms with Crippen LogP contribution < -0.4 is 19.7 Å². The first-order valence-electron chi connectivity index (χ1n) is 10.9. The van der Waals surface area contributed by atoms with Crippen molar-refractivity contribution in [2.75, 3.05) is 43.5 Å². The molecule has 1 aliphatic rings. The number of ether oxygens (including phenoxy) is 2. The highest BCUT2D eigenvalue weighted by Crippen LogP contribution is 2.30. The molecule has 0 bridgehead atoms. The van der Waals surface area contributed by atoms with Crippen molar-refractivity contribution in [2.24, 2.45) is 0 Å². The summed E-state index contributed by atoms with van der Waals surface area (Å²) >= 11 is 0. The fourth-order valence-electron chi connectivity index (χ4n) is 4.00. The van der Waals surface area contributed by atoms with Crippen LogP contribution in [0.25, 0.3) is 10.9 Å². The molecule has 0 unspecified atom stereocenters. The van der Waals surface area contributed by atoms with Crippen LogP contribution >= 0.6 is 0 Å². The van der Waals surface area contributed by atoms with Crippen LogP contribution in [0.4, 0.5) is 25.0 Å².